The lowest BCUT2D eigenvalue weighted by Crippen LogP contribution is -2.42. The lowest BCUT2D eigenvalue weighted by Gasteiger charge is -2.23. The van der Waals surface area contributed by atoms with Crippen LogP contribution in [-0.4, -0.2) is 63.4 Å². The Morgan fingerprint density at radius 3 is 1.47 bits per heavy atom. The molecule has 0 saturated carbocycles. The van der Waals surface area contributed by atoms with Gasteiger partial charge in [-0.1, -0.05) is 0 Å². The molecule has 0 fully saturated rings. The Bertz CT molecular complexity index is 744. The maximum absolute atomic E-state index is 12.4. The van der Waals surface area contributed by atoms with Crippen molar-refractivity contribution < 1.29 is 42.9 Å². The standard InChI is InChI=1S/C18H25N3O9/c1-6-27-14(22)10(15(23)28-7-2)12-19-13(21-18(20-12)26-5)11(16(24)29-8-3)17(25)30-9-4/h19H,6-9H2,1-5H3,(H,20,21). The van der Waals surface area contributed by atoms with Gasteiger partial charge in [-0.05, 0) is 27.7 Å². The van der Waals surface area contributed by atoms with Crippen LogP contribution in [0, 0.1) is 0 Å². The van der Waals surface area contributed by atoms with Crippen LogP contribution in [0.2, 0.25) is 0 Å². The van der Waals surface area contributed by atoms with Gasteiger partial charge in [0.2, 0.25) is 0 Å². The monoisotopic (exact) mass is 427 g/mol. The summed E-state index contributed by atoms with van der Waals surface area (Å²) in [5, 5.41) is 5.12. The highest BCUT2D eigenvalue weighted by atomic mass is 16.6. The molecule has 2 N–H and O–H groups in total. The highest BCUT2D eigenvalue weighted by Crippen LogP contribution is 2.17. The van der Waals surface area contributed by atoms with Crippen LogP contribution in [0.25, 0.3) is 0 Å². The Morgan fingerprint density at radius 1 is 0.700 bits per heavy atom. The van der Waals surface area contributed by atoms with Gasteiger partial charge >= 0.3 is 23.9 Å². The van der Waals surface area contributed by atoms with Gasteiger partial charge in [0.15, 0.2) is 17.0 Å². The van der Waals surface area contributed by atoms with Crippen molar-refractivity contribution in [2.45, 2.75) is 27.7 Å². The SMILES string of the molecule is CCOC(=O)C(C(=O)OCC)=C1N=C(OC)NC(=C(C(=O)OCC)C(=O)OCC)N1. The molecule has 0 atom stereocenters. The molecule has 166 valence electrons. The van der Waals surface area contributed by atoms with E-state index in [-0.39, 0.29) is 44.1 Å². The lowest BCUT2D eigenvalue weighted by atomic mass is 10.2. The summed E-state index contributed by atoms with van der Waals surface area (Å²) in [4.78, 5) is 53.4. The van der Waals surface area contributed by atoms with Crippen LogP contribution < -0.4 is 10.6 Å². The molecule has 1 heterocycles. The molecule has 0 aromatic rings. The van der Waals surface area contributed by atoms with E-state index >= 15 is 0 Å². The number of aliphatic imine (C=N–C) groups is 1. The number of methoxy groups -OCH3 is 1. The molecule has 1 aliphatic rings. The van der Waals surface area contributed by atoms with E-state index in [2.05, 4.69) is 15.6 Å². The number of hydrogen-bond donors (Lipinski definition) is 2. The third-order valence-electron chi connectivity index (χ3n) is 3.29. The number of carbonyl (C=O) groups is 4. The lowest BCUT2D eigenvalue weighted by molar-refractivity contribution is -0.148. The second kappa shape index (κ2) is 12.1. The zero-order chi connectivity index (χ0) is 22.7. The van der Waals surface area contributed by atoms with Crippen molar-refractivity contribution in [3.05, 3.63) is 22.8 Å². The fraction of sp³-hybridized carbons (Fsp3) is 0.500. The van der Waals surface area contributed by atoms with Gasteiger partial charge in [0.1, 0.15) is 5.82 Å². The minimum absolute atomic E-state index is 0.0140. The fourth-order valence-corrected chi connectivity index (χ4v) is 2.13. The first-order valence-corrected chi connectivity index (χ1v) is 9.18. The van der Waals surface area contributed by atoms with Crippen LogP contribution in [-0.2, 0) is 42.9 Å². The van der Waals surface area contributed by atoms with Gasteiger partial charge in [-0.2, -0.15) is 4.99 Å². The third kappa shape index (κ3) is 6.22. The highest BCUT2D eigenvalue weighted by Gasteiger charge is 2.33. The first-order valence-electron chi connectivity index (χ1n) is 9.18. The summed E-state index contributed by atoms with van der Waals surface area (Å²) in [7, 11) is 1.25. The van der Waals surface area contributed by atoms with Gasteiger partial charge < -0.3 is 29.0 Å². The fourth-order valence-electron chi connectivity index (χ4n) is 2.13. The van der Waals surface area contributed by atoms with E-state index in [1.807, 2.05) is 0 Å². The van der Waals surface area contributed by atoms with E-state index in [1.165, 1.54) is 7.11 Å². The second-order valence-electron chi connectivity index (χ2n) is 5.23. The molecule has 1 rings (SSSR count). The summed E-state index contributed by atoms with van der Waals surface area (Å²) in [6.45, 7) is 6.15. The predicted octanol–water partition coefficient (Wildman–Crippen LogP) is -0.143. The summed E-state index contributed by atoms with van der Waals surface area (Å²) in [5.41, 5.74) is -1.13. The Hall–Kier alpha value is -3.57. The minimum atomic E-state index is -1.02. The molecule has 12 heteroatoms. The van der Waals surface area contributed by atoms with Crippen LogP contribution in [0.15, 0.2) is 27.8 Å². The molecule has 0 aromatic carbocycles. The molecular weight excluding hydrogens is 402 g/mol. The Balaban J connectivity index is 3.67. The number of nitrogens with one attached hydrogen (secondary N) is 2. The molecule has 0 aromatic heterocycles. The molecule has 12 nitrogen and oxygen atoms in total. The van der Waals surface area contributed by atoms with Crippen molar-refractivity contribution in [3.63, 3.8) is 0 Å². The molecule has 0 aliphatic carbocycles. The van der Waals surface area contributed by atoms with Crippen molar-refractivity contribution in [3.8, 4) is 0 Å². The minimum Gasteiger partial charge on any atom is -0.468 e. The van der Waals surface area contributed by atoms with E-state index in [9.17, 15) is 19.2 Å². The van der Waals surface area contributed by atoms with E-state index in [0.29, 0.717) is 0 Å². The Kier molecular flexibility index (Phi) is 9.86. The number of nitrogens with zero attached hydrogens (tertiary/aromatic N) is 1. The molecule has 0 unspecified atom stereocenters. The third-order valence-corrected chi connectivity index (χ3v) is 3.29. The number of carbonyl (C=O) groups excluding carboxylic acids is 4. The zero-order valence-electron chi connectivity index (χ0n) is 17.4. The molecule has 30 heavy (non-hydrogen) atoms. The van der Waals surface area contributed by atoms with Crippen LogP contribution in [0.5, 0.6) is 0 Å². The maximum atomic E-state index is 12.4. The van der Waals surface area contributed by atoms with Gasteiger partial charge in [0.05, 0.1) is 33.5 Å². The second-order valence-corrected chi connectivity index (χ2v) is 5.23. The first-order chi connectivity index (χ1) is 14.3. The first kappa shape index (κ1) is 24.5. The van der Waals surface area contributed by atoms with Crippen molar-refractivity contribution in [2.75, 3.05) is 33.5 Å². The van der Waals surface area contributed by atoms with Crippen LogP contribution >= 0.6 is 0 Å². The van der Waals surface area contributed by atoms with Crippen molar-refractivity contribution in [1.82, 2.24) is 10.6 Å². The molecule has 0 radical (unpaired) electrons. The van der Waals surface area contributed by atoms with Gasteiger partial charge in [-0.25, -0.2) is 19.2 Å². The number of ether oxygens (including phenoxy) is 5. The Morgan fingerprint density at radius 2 is 1.10 bits per heavy atom. The average Bonchev–Trinajstić information content (AvgIpc) is 2.69. The zero-order valence-corrected chi connectivity index (χ0v) is 17.4. The average molecular weight is 427 g/mol. The summed E-state index contributed by atoms with van der Waals surface area (Å²) < 4.78 is 24.6. The topological polar surface area (TPSA) is 151 Å². The molecule has 0 bridgehead atoms. The highest BCUT2D eigenvalue weighted by molar-refractivity contribution is 6.16. The van der Waals surface area contributed by atoms with Crippen molar-refractivity contribution in [2.24, 2.45) is 4.99 Å². The number of rotatable bonds is 8. The summed E-state index contributed by atoms with van der Waals surface area (Å²) in [6, 6.07) is -0.226. The van der Waals surface area contributed by atoms with E-state index < -0.39 is 35.0 Å². The summed E-state index contributed by atoms with van der Waals surface area (Å²) in [6.07, 6.45) is 0. The quantitative estimate of drug-likeness (QED) is 0.175. The van der Waals surface area contributed by atoms with Crippen molar-refractivity contribution >= 4 is 29.9 Å². The van der Waals surface area contributed by atoms with Crippen LogP contribution in [0.1, 0.15) is 27.7 Å². The van der Waals surface area contributed by atoms with Gasteiger partial charge in [-0.3, -0.25) is 5.32 Å². The largest absolute Gasteiger partial charge is 0.468 e. The van der Waals surface area contributed by atoms with E-state index in [0.717, 1.165) is 0 Å². The number of hydrogen-bond acceptors (Lipinski definition) is 12. The van der Waals surface area contributed by atoms with Gasteiger partial charge in [0.25, 0.3) is 6.02 Å². The summed E-state index contributed by atoms with van der Waals surface area (Å²) in [5.74, 6) is -4.67. The Labute approximate surface area is 173 Å². The molecular formula is C18H25N3O9. The molecule has 0 saturated heterocycles. The van der Waals surface area contributed by atoms with Gasteiger partial charge in [0, 0.05) is 0 Å². The number of amidine groups is 1. The van der Waals surface area contributed by atoms with Crippen molar-refractivity contribution in [1.29, 1.82) is 0 Å². The maximum Gasteiger partial charge on any atom is 0.349 e. The summed E-state index contributed by atoms with van der Waals surface area (Å²) >= 11 is 0. The molecule has 0 spiro atoms. The van der Waals surface area contributed by atoms with E-state index in [4.69, 9.17) is 23.7 Å². The smallest absolute Gasteiger partial charge is 0.349 e. The molecule has 1 aliphatic heterocycles. The van der Waals surface area contributed by atoms with E-state index in [1.54, 1.807) is 27.7 Å². The van der Waals surface area contributed by atoms with Crippen LogP contribution in [0.3, 0.4) is 0 Å². The molecule has 0 amide bonds. The predicted molar refractivity (Wildman–Crippen MR) is 101 cm³/mol. The normalized spacial score (nSPS) is 12.5. The van der Waals surface area contributed by atoms with Gasteiger partial charge in [-0.15, -0.1) is 0 Å². The number of esters is 4. The van der Waals surface area contributed by atoms with Crippen LogP contribution in [0.4, 0.5) is 0 Å².